The molecule has 1 aromatic carbocycles. The first-order valence-electron chi connectivity index (χ1n) is 5.51. The van der Waals surface area contributed by atoms with Gasteiger partial charge in [-0.3, -0.25) is 4.79 Å². The summed E-state index contributed by atoms with van der Waals surface area (Å²) in [6.45, 7) is 0.521. The Balaban J connectivity index is 2.11. The summed E-state index contributed by atoms with van der Waals surface area (Å²) >= 11 is 10.8. The van der Waals surface area contributed by atoms with Crippen LogP contribution in [-0.2, 0) is 6.42 Å². The molecular weight excluding hydrogens is 350 g/mol. The molecule has 0 aliphatic carbocycles. The molecule has 0 aliphatic rings. The Morgan fingerprint density at radius 1 is 1.53 bits per heavy atom. The molecule has 1 aromatic heterocycles. The Bertz CT molecular complexity index is 602. The van der Waals surface area contributed by atoms with Gasteiger partial charge in [-0.2, -0.15) is 0 Å². The van der Waals surface area contributed by atoms with Crippen molar-refractivity contribution >= 4 is 50.5 Å². The summed E-state index contributed by atoms with van der Waals surface area (Å²) < 4.78 is 0.856. The van der Waals surface area contributed by atoms with Crippen LogP contribution in [0.15, 0.2) is 28.1 Å². The number of amides is 1. The van der Waals surface area contributed by atoms with Crippen molar-refractivity contribution < 1.29 is 4.79 Å². The van der Waals surface area contributed by atoms with Crippen LogP contribution in [0.2, 0.25) is 5.02 Å². The van der Waals surface area contributed by atoms with Crippen molar-refractivity contribution in [3.8, 4) is 0 Å². The summed E-state index contributed by atoms with van der Waals surface area (Å²) in [5, 5.41) is 5.77. The molecule has 0 atom stereocenters. The molecule has 1 heterocycles. The van der Waals surface area contributed by atoms with Crippen LogP contribution in [0, 0.1) is 0 Å². The Morgan fingerprint density at radius 2 is 2.32 bits per heavy atom. The predicted molar refractivity (Wildman–Crippen MR) is 82.0 cm³/mol. The van der Waals surface area contributed by atoms with Crippen LogP contribution < -0.4 is 11.1 Å². The van der Waals surface area contributed by atoms with Gasteiger partial charge in [0.1, 0.15) is 5.69 Å². The Kier molecular flexibility index (Phi) is 4.93. The van der Waals surface area contributed by atoms with E-state index in [1.54, 1.807) is 17.5 Å². The second kappa shape index (κ2) is 6.47. The van der Waals surface area contributed by atoms with Crippen LogP contribution >= 0.6 is 38.9 Å². The number of aromatic nitrogens is 1. The molecule has 0 aliphatic heterocycles. The topological polar surface area (TPSA) is 68.0 Å². The standard InChI is InChI=1S/C12H11BrClN3OS/c13-7-1-2-9(8(14)5-7)17-12(18)10-6-19-11(16-10)3-4-15/h1-2,5-6H,3-4,15H2,(H,17,18). The lowest BCUT2D eigenvalue weighted by atomic mass is 10.3. The van der Waals surface area contributed by atoms with Gasteiger partial charge in [-0.25, -0.2) is 4.98 Å². The summed E-state index contributed by atoms with van der Waals surface area (Å²) in [4.78, 5) is 16.2. The third-order valence-electron chi connectivity index (χ3n) is 2.32. The first kappa shape index (κ1) is 14.5. The fourth-order valence-electron chi connectivity index (χ4n) is 1.43. The van der Waals surface area contributed by atoms with Crippen molar-refractivity contribution in [1.82, 2.24) is 4.98 Å². The Hall–Kier alpha value is -0.950. The monoisotopic (exact) mass is 359 g/mol. The van der Waals surface area contributed by atoms with Crippen LogP contribution in [0.4, 0.5) is 5.69 Å². The minimum absolute atomic E-state index is 0.274. The molecule has 0 radical (unpaired) electrons. The molecular formula is C12H11BrClN3OS. The quantitative estimate of drug-likeness (QED) is 0.879. The maximum Gasteiger partial charge on any atom is 0.275 e. The molecule has 19 heavy (non-hydrogen) atoms. The van der Waals surface area contributed by atoms with Crippen molar-refractivity contribution in [3.63, 3.8) is 0 Å². The highest BCUT2D eigenvalue weighted by atomic mass is 79.9. The zero-order valence-electron chi connectivity index (χ0n) is 9.82. The number of anilines is 1. The molecule has 4 nitrogen and oxygen atoms in total. The smallest absolute Gasteiger partial charge is 0.275 e. The number of nitrogens with one attached hydrogen (secondary N) is 1. The van der Waals surface area contributed by atoms with E-state index in [0.29, 0.717) is 29.4 Å². The van der Waals surface area contributed by atoms with Gasteiger partial charge >= 0.3 is 0 Å². The number of thiazole rings is 1. The normalized spacial score (nSPS) is 10.5. The lowest BCUT2D eigenvalue weighted by molar-refractivity contribution is 0.102. The van der Waals surface area contributed by atoms with Gasteiger partial charge in [0, 0.05) is 16.3 Å². The number of carbonyl (C=O) groups is 1. The number of carbonyl (C=O) groups excluding carboxylic acids is 1. The number of nitrogens with two attached hydrogens (primary N) is 1. The zero-order chi connectivity index (χ0) is 13.8. The van der Waals surface area contributed by atoms with Gasteiger partial charge in [-0.05, 0) is 24.7 Å². The van der Waals surface area contributed by atoms with E-state index in [9.17, 15) is 4.79 Å². The van der Waals surface area contributed by atoms with Crippen molar-refractivity contribution in [2.24, 2.45) is 5.73 Å². The number of hydrogen-bond acceptors (Lipinski definition) is 4. The highest BCUT2D eigenvalue weighted by Gasteiger charge is 2.12. The molecule has 1 amide bonds. The minimum atomic E-state index is -0.274. The molecule has 0 spiro atoms. The van der Waals surface area contributed by atoms with Gasteiger partial charge in [-0.15, -0.1) is 11.3 Å². The van der Waals surface area contributed by atoms with Crippen LogP contribution in [-0.4, -0.2) is 17.4 Å². The lowest BCUT2D eigenvalue weighted by Gasteiger charge is -2.05. The second-order valence-corrected chi connectivity index (χ2v) is 6.01. The third-order valence-corrected chi connectivity index (χ3v) is 4.04. The van der Waals surface area contributed by atoms with E-state index in [4.69, 9.17) is 17.3 Å². The van der Waals surface area contributed by atoms with E-state index in [-0.39, 0.29) is 5.91 Å². The van der Waals surface area contributed by atoms with Crippen LogP contribution in [0.5, 0.6) is 0 Å². The number of benzene rings is 1. The maximum atomic E-state index is 12.0. The van der Waals surface area contributed by atoms with E-state index in [1.807, 2.05) is 6.07 Å². The van der Waals surface area contributed by atoms with E-state index < -0.39 is 0 Å². The molecule has 0 saturated heterocycles. The van der Waals surface area contributed by atoms with Gasteiger partial charge in [0.15, 0.2) is 0 Å². The molecule has 0 bridgehead atoms. The number of halogens is 2. The van der Waals surface area contributed by atoms with Gasteiger partial charge in [0.25, 0.3) is 5.91 Å². The zero-order valence-corrected chi connectivity index (χ0v) is 13.0. The molecule has 0 fully saturated rings. The molecule has 7 heteroatoms. The van der Waals surface area contributed by atoms with Gasteiger partial charge in [0.2, 0.25) is 0 Å². The lowest BCUT2D eigenvalue weighted by Crippen LogP contribution is -2.13. The molecule has 3 N–H and O–H groups in total. The van der Waals surface area contributed by atoms with Crippen LogP contribution in [0.25, 0.3) is 0 Å². The van der Waals surface area contributed by atoms with E-state index in [0.717, 1.165) is 9.48 Å². The fourth-order valence-corrected chi connectivity index (χ4v) is 2.95. The number of nitrogens with zero attached hydrogens (tertiary/aromatic N) is 1. The summed E-state index contributed by atoms with van der Waals surface area (Å²) in [6.07, 6.45) is 0.678. The number of hydrogen-bond donors (Lipinski definition) is 2. The summed E-state index contributed by atoms with van der Waals surface area (Å²) in [6, 6.07) is 5.26. The van der Waals surface area contributed by atoms with Gasteiger partial charge in [0.05, 0.1) is 15.7 Å². The fraction of sp³-hybridized carbons (Fsp3) is 0.167. The Labute approximate surface area is 128 Å². The highest BCUT2D eigenvalue weighted by molar-refractivity contribution is 9.10. The van der Waals surface area contributed by atoms with Crippen molar-refractivity contribution in [2.45, 2.75) is 6.42 Å². The maximum absolute atomic E-state index is 12.0. The van der Waals surface area contributed by atoms with Crippen molar-refractivity contribution in [2.75, 3.05) is 11.9 Å². The highest BCUT2D eigenvalue weighted by Crippen LogP contribution is 2.26. The average Bonchev–Trinajstić information content (AvgIpc) is 2.82. The van der Waals surface area contributed by atoms with Gasteiger partial charge < -0.3 is 11.1 Å². The predicted octanol–water partition coefficient (Wildman–Crippen LogP) is 3.31. The summed E-state index contributed by atoms with van der Waals surface area (Å²) in [7, 11) is 0. The molecule has 2 aromatic rings. The largest absolute Gasteiger partial charge is 0.330 e. The summed E-state index contributed by atoms with van der Waals surface area (Å²) in [5.41, 5.74) is 6.39. The SMILES string of the molecule is NCCc1nc(C(=O)Nc2ccc(Br)cc2Cl)cs1. The van der Waals surface area contributed by atoms with Crippen molar-refractivity contribution in [1.29, 1.82) is 0 Å². The Morgan fingerprint density at radius 3 is 3.00 bits per heavy atom. The van der Waals surface area contributed by atoms with E-state index in [2.05, 4.69) is 26.2 Å². The third kappa shape index (κ3) is 3.76. The summed E-state index contributed by atoms with van der Waals surface area (Å²) in [5.74, 6) is -0.274. The first-order chi connectivity index (χ1) is 9.10. The average molecular weight is 361 g/mol. The molecule has 0 unspecified atom stereocenters. The molecule has 0 saturated carbocycles. The van der Waals surface area contributed by atoms with Crippen LogP contribution in [0.1, 0.15) is 15.5 Å². The minimum Gasteiger partial charge on any atom is -0.330 e. The number of rotatable bonds is 4. The molecule has 2 rings (SSSR count). The van der Waals surface area contributed by atoms with Crippen molar-refractivity contribution in [3.05, 3.63) is 43.8 Å². The first-order valence-corrected chi connectivity index (χ1v) is 7.56. The second-order valence-electron chi connectivity index (χ2n) is 3.74. The van der Waals surface area contributed by atoms with Gasteiger partial charge in [-0.1, -0.05) is 27.5 Å². The molecule has 100 valence electrons. The van der Waals surface area contributed by atoms with Crippen LogP contribution in [0.3, 0.4) is 0 Å². The van der Waals surface area contributed by atoms with E-state index in [1.165, 1.54) is 11.3 Å². The van der Waals surface area contributed by atoms with E-state index >= 15 is 0 Å².